The Kier molecular flexibility index (Phi) is 5.61. The summed E-state index contributed by atoms with van der Waals surface area (Å²) in [5, 5.41) is 3.30. The monoisotopic (exact) mass is 325 g/mol. The van der Waals surface area contributed by atoms with E-state index >= 15 is 0 Å². The van der Waals surface area contributed by atoms with Crippen molar-refractivity contribution in [1.82, 2.24) is 19.9 Å². The van der Waals surface area contributed by atoms with Crippen molar-refractivity contribution >= 4 is 17.0 Å². The molecule has 0 aliphatic rings. The van der Waals surface area contributed by atoms with E-state index in [2.05, 4.69) is 44.3 Å². The third-order valence-electron chi connectivity index (χ3n) is 3.87. The van der Waals surface area contributed by atoms with Crippen molar-refractivity contribution in [3.8, 4) is 5.75 Å². The van der Waals surface area contributed by atoms with E-state index in [9.17, 15) is 0 Å². The van der Waals surface area contributed by atoms with E-state index in [4.69, 9.17) is 4.74 Å². The number of H-pyrrole nitrogens is 1. The Balaban J connectivity index is 1.50. The van der Waals surface area contributed by atoms with Gasteiger partial charge in [-0.1, -0.05) is 38.3 Å². The molecule has 126 valence electrons. The van der Waals surface area contributed by atoms with Crippen LogP contribution in [0.1, 0.15) is 38.2 Å². The van der Waals surface area contributed by atoms with Gasteiger partial charge in [-0.25, -0.2) is 15.0 Å². The van der Waals surface area contributed by atoms with E-state index in [0.29, 0.717) is 6.54 Å². The van der Waals surface area contributed by atoms with Crippen LogP contribution in [0.15, 0.2) is 36.9 Å². The van der Waals surface area contributed by atoms with Crippen LogP contribution in [-0.4, -0.2) is 26.5 Å². The third kappa shape index (κ3) is 4.22. The van der Waals surface area contributed by atoms with Crippen molar-refractivity contribution in [3.05, 3.63) is 42.5 Å². The Labute approximate surface area is 141 Å². The summed E-state index contributed by atoms with van der Waals surface area (Å²) >= 11 is 0. The lowest BCUT2D eigenvalue weighted by atomic mass is 10.2. The highest BCUT2D eigenvalue weighted by molar-refractivity contribution is 5.81. The average Bonchev–Trinajstić information content (AvgIpc) is 3.10. The number of fused-ring (bicyclic) bond motifs is 1. The SMILES string of the molecule is CCCCCCOc1ccc(CNc2ncnc3[nH]cnc23)cc1. The Hall–Kier alpha value is -2.63. The Morgan fingerprint density at radius 3 is 2.75 bits per heavy atom. The van der Waals surface area contributed by atoms with Crippen molar-refractivity contribution in [3.63, 3.8) is 0 Å². The second kappa shape index (κ2) is 8.29. The second-order valence-corrected chi connectivity index (χ2v) is 5.73. The van der Waals surface area contributed by atoms with Gasteiger partial charge in [-0.15, -0.1) is 0 Å². The van der Waals surface area contributed by atoms with Crippen molar-refractivity contribution in [2.45, 2.75) is 39.2 Å². The summed E-state index contributed by atoms with van der Waals surface area (Å²) in [4.78, 5) is 15.6. The first-order valence-corrected chi connectivity index (χ1v) is 8.46. The Morgan fingerprint density at radius 2 is 1.92 bits per heavy atom. The molecule has 6 heteroatoms. The van der Waals surface area contributed by atoms with Crippen LogP contribution in [0.5, 0.6) is 5.75 Å². The topological polar surface area (TPSA) is 75.7 Å². The number of imidazole rings is 1. The average molecular weight is 325 g/mol. The van der Waals surface area contributed by atoms with Gasteiger partial charge in [-0.05, 0) is 24.1 Å². The molecule has 3 aromatic rings. The molecule has 0 amide bonds. The van der Waals surface area contributed by atoms with Gasteiger partial charge in [0.15, 0.2) is 11.5 Å². The van der Waals surface area contributed by atoms with Gasteiger partial charge in [0.1, 0.15) is 17.6 Å². The van der Waals surface area contributed by atoms with Gasteiger partial charge in [-0.2, -0.15) is 0 Å². The van der Waals surface area contributed by atoms with E-state index in [0.717, 1.165) is 41.3 Å². The molecule has 24 heavy (non-hydrogen) atoms. The maximum atomic E-state index is 5.76. The van der Waals surface area contributed by atoms with Crippen LogP contribution >= 0.6 is 0 Å². The molecular weight excluding hydrogens is 302 g/mol. The number of aromatic nitrogens is 4. The molecule has 0 aliphatic heterocycles. The minimum Gasteiger partial charge on any atom is -0.494 e. The zero-order valence-corrected chi connectivity index (χ0v) is 14.0. The number of nitrogens with zero attached hydrogens (tertiary/aromatic N) is 3. The minimum absolute atomic E-state index is 0.676. The molecule has 2 heterocycles. The van der Waals surface area contributed by atoms with E-state index in [-0.39, 0.29) is 0 Å². The number of rotatable bonds is 9. The van der Waals surface area contributed by atoms with Crippen LogP contribution in [0.3, 0.4) is 0 Å². The van der Waals surface area contributed by atoms with Crippen molar-refractivity contribution in [2.24, 2.45) is 0 Å². The lowest BCUT2D eigenvalue weighted by molar-refractivity contribution is 0.305. The zero-order valence-electron chi connectivity index (χ0n) is 14.0. The first kappa shape index (κ1) is 16.2. The lowest BCUT2D eigenvalue weighted by Crippen LogP contribution is -2.03. The van der Waals surface area contributed by atoms with Gasteiger partial charge in [-0.3, -0.25) is 0 Å². The van der Waals surface area contributed by atoms with Gasteiger partial charge in [0.25, 0.3) is 0 Å². The highest BCUT2D eigenvalue weighted by atomic mass is 16.5. The summed E-state index contributed by atoms with van der Waals surface area (Å²) in [6.45, 7) is 3.68. The maximum Gasteiger partial charge on any atom is 0.162 e. The van der Waals surface area contributed by atoms with Crippen LogP contribution in [0, 0.1) is 0 Å². The number of anilines is 1. The Bertz CT molecular complexity index is 753. The Morgan fingerprint density at radius 1 is 1.04 bits per heavy atom. The predicted octanol–water partition coefficient (Wildman–Crippen LogP) is 3.92. The predicted molar refractivity (Wildman–Crippen MR) is 95.1 cm³/mol. The van der Waals surface area contributed by atoms with Crippen LogP contribution in [0.4, 0.5) is 5.82 Å². The van der Waals surface area contributed by atoms with E-state index < -0.39 is 0 Å². The summed E-state index contributed by atoms with van der Waals surface area (Å²) in [6, 6.07) is 8.16. The summed E-state index contributed by atoms with van der Waals surface area (Å²) in [5.41, 5.74) is 2.65. The summed E-state index contributed by atoms with van der Waals surface area (Å²) in [6.07, 6.45) is 8.03. The molecule has 0 bridgehead atoms. The molecule has 2 N–H and O–H groups in total. The van der Waals surface area contributed by atoms with Gasteiger partial charge >= 0.3 is 0 Å². The first-order chi connectivity index (χ1) is 11.9. The van der Waals surface area contributed by atoms with Gasteiger partial charge < -0.3 is 15.0 Å². The molecule has 2 aromatic heterocycles. The molecule has 0 atom stereocenters. The normalized spacial score (nSPS) is 10.9. The summed E-state index contributed by atoms with van der Waals surface area (Å²) in [7, 11) is 0. The quantitative estimate of drug-likeness (QED) is 0.583. The molecular formula is C18H23N5O. The lowest BCUT2D eigenvalue weighted by Gasteiger charge is -2.08. The number of nitrogens with one attached hydrogen (secondary N) is 2. The van der Waals surface area contributed by atoms with Crippen LogP contribution in [0.25, 0.3) is 11.2 Å². The molecule has 6 nitrogen and oxygen atoms in total. The number of ether oxygens (including phenoxy) is 1. The standard InChI is InChI=1S/C18H23N5O/c1-2-3-4-5-10-24-15-8-6-14(7-9-15)11-19-17-16-18(21-12-20-16)23-13-22-17/h6-9,12-13H,2-5,10-11H2,1H3,(H2,19,20,21,22,23). The zero-order chi connectivity index (χ0) is 16.6. The second-order valence-electron chi connectivity index (χ2n) is 5.73. The maximum absolute atomic E-state index is 5.76. The fourth-order valence-electron chi connectivity index (χ4n) is 2.50. The van der Waals surface area contributed by atoms with E-state index in [1.165, 1.54) is 25.6 Å². The molecule has 0 saturated carbocycles. The van der Waals surface area contributed by atoms with E-state index in [1.54, 1.807) is 6.33 Å². The van der Waals surface area contributed by atoms with Crippen LogP contribution < -0.4 is 10.1 Å². The number of hydrogen-bond acceptors (Lipinski definition) is 5. The fraction of sp³-hybridized carbons (Fsp3) is 0.389. The molecule has 0 fully saturated rings. The molecule has 0 radical (unpaired) electrons. The van der Waals surface area contributed by atoms with E-state index in [1.807, 2.05) is 12.1 Å². The molecule has 3 rings (SSSR count). The van der Waals surface area contributed by atoms with Crippen molar-refractivity contribution in [2.75, 3.05) is 11.9 Å². The first-order valence-electron chi connectivity index (χ1n) is 8.46. The molecule has 0 aliphatic carbocycles. The number of unbranched alkanes of at least 4 members (excludes halogenated alkanes) is 3. The summed E-state index contributed by atoms with van der Waals surface area (Å²) < 4.78 is 5.76. The molecule has 1 aromatic carbocycles. The van der Waals surface area contributed by atoms with Gasteiger partial charge in [0.05, 0.1) is 12.9 Å². The minimum atomic E-state index is 0.676. The highest BCUT2D eigenvalue weighted by Crippen LogP contribution is 2.17. The smallest absolute Gasteiger partial charge is 0.162 e. The largest absolute Gasteiger partial charge is 0.494 e. The number of benzene rings is 1. The molecule has 0 spiro atoms. The van der Waals surface area contributed by atoms with Gasteiger partial charge in [0.2, 0.25) is 0 Å². The highest BCUT2D eigenvalue weighted by Gasteiger charge is 2.05. The molecule has 0 unspecified atom stereocenters. The third-order valence-corrected chi connectivity index (χ3v) is 3.87. The number of aromatic amines is 1. The summed E-state index contributed by atoms with van der Waals surface area (Å²) in [5.74, 6) is 1.66. The fourth-order valence-corrected chi connectivity index (χ4v) is 2.50. The van der Waals surface area contributed by atoms with Gasteiger partial charge in [0, 0.05) is 6.54 Å². The molecule has 0 saturated heterocycles. The van der Waals surface area contributed by atoms with Crippen LogP contribution in [0.2, 0.25) is 0 Å². The van der Waals surface area contributed by atoms with Crippen molar-refractivity contribution in [1.29, 1.82) is 0 Å². The number of hydrogen-bond donors (Lipinski definition) is 2. The van der Waals surface area contributed by atoms with Crippen LogP contribution in [-0.2, 0) is 6.54 Å². The van der Waals surface area contributed by atoms with Crippen molar-refractivity contribution < 1.29 is 4.74 Å².